The molecule has 1 aromatic carbocycles. The van der Waals surface area contributed by atoms with Gasteiger partial charge in [0.2, 0.25) is 0 Å². The number of ether oxygens (including phenoxy) is 3. The Kier molecular flexibility index (Phi) is 3.56. The van der Waals surface area contributed by atoms with Crippen LogP contribution in [-0.2, 0) is 10.4 Å². The minimum Gasteiger partial charge on any atom is -0.486 e. The standard InChI is InChI=1S/C15H20FNO3/c1-15(2,16)11-8-13-12(19-5-6-20-13)7-10(11)14-9-17-3-4-18-14/h7-8,14,17H,3-6,9H2,1-2H3. The van der Waals surface area contributed by atoms with Crippen molar-refractivity contribution in [2.24, 2.45) is 0 Å². The monoisotopic (exact) mass is 281 g/mol. The third-order valence-electron chi connectivity index (χ3n) is 3.63. The Labute approximate surface area is 118 Å². The predicted molar refractivity (Wildman–Crippen MR) is 73.1 cm³/mol. The number of morpholine rings is 1. The smallest absolute Gasteiger partial charge is 0.161 e. The lowest BCUT2D eigenvalue weighted by atomic mass is 9.90. The van der Waals surface area contributed by atoms with Crippen molar-refractivity contribution in [2.75, 3.05) is 32.9 Å². The molecule has 4 nitrogen and oxygen atoms in total. The first kappa shape index (κ1) is 13.6. The van der Waals surface area contributed by atoms with E-state index in [1.807, 2.05) is 6.07 Å². The Morgan fingerprint density at radius 2 is 1.85 bits per heavy atom. The van der Waals surface area contributed by atoms with Gasteiger partial charge in [-0.05, 0) is 37.1 Å². The fraction of sp³-hybridized carbons (Fsp3) is 0.600. The minimum absolute atomic E-state index is 0.149. The van der Waals surface area contributed by atoms with E-state index in [-0.39, 0.29) is 6.10 Å². The van der Waals surface area contributed by atoms with Crippen molar-refractivity contribution in [1.82, 2.24) is 5.32 Å². The Hall–Kier alpha value is -1.33. The van der Waals surface area contributed by atoms with Crippen molar-refractivity contribution in [1.29, 1.82) is 0 Å². The maximum Gasteiger partial charge on any atom is 0.161 e. The molecular formula is C15H20FNO3. The minimum atomic E-state index is -1.45. The Balaban J connectivity index is 2.05. The molecule has 20 heavy (non-hydrogen) atoms. The van der Waals surface area contributed by atoms with Gasteiger partial charge < -0.3 is 19.5 Å². The van der Waals surface area contributed by atoms with E-state index >= 15 is 0 Å². The molecule has 2 aliphatic rings. The van der Waals surface area contributed by atoms with Gasteiger partial charge in [-0.15, -0.1) is 0 Å². The lowest BCUT2D eigenvalue weighted by Crippen LogP contribution is -2.34. The highest BCUT2D eigenvalue weighted by molar-refractivity contribution is 5.50. The molecule has 5 heteroatoms. The number of benzene rings is 1. The van der Waals surface area contributed by atoms with E-state index in [4.69, 9.17) is 14.2 Å². The second kappa shape index (κ2) is 5.22. The molecule has 1 fully saturated rings. The number of hydrogen-bond donors (Lipinski definition) is 1. The highest BCUT2D eigenvalue weighted by Gasteiger charge is 2.30. The first-order valence-electron chi connectivity index (χ1n) is 7.01. The molecule has 3 rings (SSSR count). The van der Waals surface area contributed by atoms with Crippen LogP contribution >= 0.6 is 0 Å². The molecular weight excluding hydrogens is 261 g/mol. The number of alkyl halides is 1. The number of rotatable bonds is 2. The second-order valence-electron chi connectivity index (χ2n) is 5.62. The SMILES string of the molecule is CC(C)(F)c1cc2c(cc1C1CNCCO1)OCCO2. The van der Waals surface area contributed by atoms with Crippen LogP contribution in [0.1, 0.15) is 31.1 Å². The summed E-state index contributed by atoms with van der Waals surface area (Å²) in [6.45, 7) is 6.27. The van der Waals surface area contributed by atoms with Gasteiger partial charge in [0.1, 0.15) is 18.9 Å². The van der Waals surface area contributed by atoms with Gasteiger partial charge in [-0.3, -0.25) is 0 Å². The summed E-state index contributed by atoms with van der Waals surface area (Å²) in [6.07, 6.45) is -0.149. The third-order valence-corrected chi connectivity index (χ3v) is 3.63. The van der Waals surface area contributed by atoms with Crippen LogP contribution in [0.2, 0.25) is 0 Å². The summed E-state index contributed by atoms with van der Waals surface area (Å²) in [4.78, 5) is 0. The number of hydrogen-bond acceptors (Lipinski definition) is 4. The topological polar surface area (TPSA) is 39.7 Å². The van der Waals surface area contributed by atoms with Crippen LogP contribution in [0.5, 0.6) is 11.5 Å². The zero-order chi connectivity index (χ0) is 14.2. The highest BCUT2D eigenvalue weighted by atomic mass is 19.1. The molecule has 1 N–H and O–H groups in total. The fourth-order valence-electron chi connectivity index (χ4n) is 2.65. The molecule has 1 aromatic rings. The van der Waals surface area contributed by atoms with Crippen LogP contribution in [0.25, 0.3) is 0 Å². The van der Waals surface area contributed by atoms with Crippen LogP contribution in [-0.4, -0.2) is 32.9 Å². The summed E-state index contributed by atoms with van der Waals surface area (Å²) in [5.41, 5.74) is -0.00388. The second-order valence-corrected chi connectivity index (χ2v) is 5.62. The molecule has 0 spiro atoms. The number of nitrogens with one attached hydrogen (secondary N) is 1. The Morgan fingerprint density at radius 1 is 1.15 bits per heavy atom. The molecule has 0 amide bonds. The van der Waals surface area contributed by atoms with Gasteiger partial charge in [-0.2, -0.15) is 0 Å². The summed E-state index contributed by atoms with van der Waals surface area (Å²) in [6, 6.07) is 3.62. The molecule has 0 aromatic heterocycles. The number of fused-ring (bicyclic) bond motifs is 1. The Bertz CT molecular complexity index is 493. The van der Waals surface area contributed by atoms with Crippen LogP contribution in [0.15, 0.2) is 12.1 Å². The van der Waals surface area contributed by atoms with Crippen LogP contribution in [0.3, 0.4) is 0 Å². The quantitative estimate of drug-likeness (QED) is 0.903. The molecule has 0 saturated carbocycles. The molecule has 2 heterocycles. The van der Waals surface area contributed by atoms with E-state index in [0.29, 0.717) is 43.4 Å². The molecule has 0 aliphatic carbocycles. The summed E-state index contributed by atoms with van der Waals surface area (Å²) < 4.78 is 31.5. The van der Waals surface area contributed by atoms with Crippen molar-refractivity contribution in [3.63, 3.8) is 0 Å². The van der Waals surface area contributed by atoms with Gasteiger partial charge in [-0.25, -0.2) is 4.39 Å². The molecule has 0 bridgehead atoms. The van der Waals surface area contributed by atoms with Crippen LogP contribution in [0.4, 0.5) is 4.39 Å². The van der Waals surface area contributed by atoms with E-state index < -0.39 is 5.67 Å². The maximum atomic E-state index is 14.5. The first-order valence-corrected chi connectivity index (χ1v) is 7.01. The lowest BCUT2D eigenvalue weighted by molar-refractivity contribution is 0.0249. The van der Waals surface area contributed by atoms with E-state index in [1.54, 1.807) is 19.9 Å². The lowest BCUT2D eigenvalue weighted by Gasteiger charge is -2.30. The molecule has 110 valence electrons. The van der Waals surface area contributed by atoms with Crippen molar-refractivity contribution < 1.29 is 18.6 Å². The molecule has 1 unspecified atom stereocenters. The molecule has 2 aliphatic heterocycles. The van der Waals surface area contributed by atoms with Crippen molar-refractivity contribution >= 4 is 0 Å². The zero-order valence-corrected chi connectivity index (χ0v) is 11.9. The van der Waals surface area contributed by atoms with Crippen molar-refractivity contribution in [3.05, 3.63) is 23.3 Å². The highest BCUT2D eigenvalue weighted by Crippen LogP contribution is 2.41. The summed E-state index contributed by atoms with van der Waals surface area (Å²) in [7, 11) is 0. The largest absolute Gasteiger partial charge is 0.486 e. The third kappa shape index (κ3) is 2.60. The average molecular weight is 281 g/mol. The normalized spacial score (nSPS) is 22.6. The molecule has 1 atom stereocenters. The van der Waals surface area contributed by atoms with Gasteiger partial charge in [0.05, 0.1) is 12.7 Å². The van der Waals surface area contributed by atoms with Crippen molar-refractivity contribution in [3.8, 4) is 11.5 Å². The van der Waals surface area contributed by atoms with E-state index in [0.717, 1.165) is 12.1 Å². The summed E-state index contributed by atoms with van der Waals surface area (Å²) in [5, 5.41) is 3.27. The van der Waals surface area contributed by atoms with Crippen LogP contribution < -0.4 is 14.8 Å². The summed E-state index contributed by atoms with van der Waals surface area (Å²) in [5.74, 6) is 1.29. The van der Waals surface area contributed by atoms with Gasteiger partial charge in [-0.1, -0.05) is 0 Å². The van der Waals surface area contributed by atoms with Gasteiger partial charge in [0, 0.05) is 13.1 Å². The van der Waals surface area contributed by atoms with Crippen molar-refractivity contribution in [2.45, 2.75) is 25.6 Å². The first-order chi connectivity index (χ1) is 9.55. The molecule has 1 saturated heterocycles. The van der Waals surface area contributed by atoms with Gasteiger partial charge in [0.15, 0.2) is 11.5 Å². The van der Waals surface area contributed by atoms with E-state index in [9.17, 15) is 4.39 Å². The summed E-state index contributed by atoms with van der Waals surface area (Å²) >= 11 is 0. The zero-order valence-electron chi connectivity index (χ0n) is 11.9. The van der Waals surface area contributed by atoms with Crippen LogP contribution in [0, 0.1) is 0 Å². The predicted octanol–water partition coefficient (Wildman–Crippen LogP) is 2.32. The van der Waals surface area contributed by atoms with Gasteiger partial charge in [0.25, 0.3) is 0 Å². The number of halogens is 1. The maximum absolute atomic E-state index is 14.5. The van der Waals surface area contributed by atoms with Gasteiger partial charge >= 0.3 is 0 Å². The molecule has 0 radical (unpaired) electrons. The Morgan fingerprint density at radius 3 is 2.45 bits per heavy atom. The average Bonchev–Trinajstić information content (AvgIpc) is 2.46. The van der Waals surface area contributed by atoms with E-state index in [2.05, 4.69) is 5.32 Å². The van der Waals surface area contributed by atoms with E-state index in [1.165, 1.54) is 0 Å². The fourth-order valence-corrected chi connectivity index (χ4v) is 2.65.